The van der Waals surface area contributed by atoms with Gasteiger partial charge in [-0.05, 0) is 80.3 Å². The van der Waals surface area contributed by atoms with Gasteiger partial charge in [0.05, 0.1) is 0 Å². The third kappa shape index (κ3) is 7.43. The minimum atomic E-state index is 0.160. The van der Waals surface area contributed by atoms with E-state index in [1.165, 1.54) is 18.4 Å². The van der Waals surface area contributed by atoms with Crippen LogP contribution in [0.15, 0.2) is 48.8 Å². The van der Waals surface area contributed by atoms with E-state index in [-0.39, 0.29) is 11.8 Å². The van der Waals surface area contributed by atoms with Crippen molar-refractivity contribution in [2.45, 2.75) is 97.2 Å². The van der Waals surface area contributed by atoms with Crippen molar-refractivity contribution in [3.63, 3.8) is 0 Å². The van der Waals surface area contributed by atoms with Crippen LogP contribution in [0.5, 0.6) is 0 Å². The summed E-state index contributed by atoms with van der Waals surface area (Å²) in [6.07, 6.45) is 12.0. The molecule has 2 unspecified atom stereocenters. The molecule has 1 aromatic carbocycles. The molecule has 206 valence electrons. The van der Waals surface area contributed by atoms with Crippen LogP contribution in [0.1, 0.15) is 83.3 Å². The number of benzene rings is 1. The van der Waals surface area contributed by atoms with Gasteiger partial charge in [0, 0.05) is 62.6 Å². The largest absolute Gasteiger partial charge is 0.337 e. The number of anilines is 1. The zero-order valence-electron chi connectivity index (χ0n) is 23.6. The highest BCUT2D eigenvalue weighted by molar-refractivity contribution is 5.94. The van der Waals surface area contributed by atoms with Crippen molar-refractivity contribution >= 4 is 17.5 Å². The van der Waals surface area contributed by atoms with Crippen LogP contribution in [0.3, 0.4) is 0 Å². The van der Waals surface area contributed by atoms with Crippen molar-refractivity contribution in [3.05, 3.63) is 59.9 Å². The molecule has 1 aromatic heterocycles. The molecule has 0 aliphatic carbocycles. The van der Waals surface area contributed by atoms with Gasteiger partial charge in [0.15, 0.2) is 0 Å². The number of piperidine rings is 1. The van der Waals surface area contributed by atoms with E-state index in [9.17, 15) is 9.59 Å². The fourth-order valence-electron chi connectivity index (χ4n) is 6.12. The summed E-state index contributed by atoms with van der Waals surface area (Å²) in [5.41, 5.74) is 3.26. The summed E-state index contributed by atoms with van der Waals surface area (Å²) in [6.45, 7) is 9.64. The first-order valence-electron chi connectivity index (χ1n) is 14.8. The van der Waals surface area contributed by atoms with E-state index in [0.717, 1.165) is 63.0 Å². The second kappa shape index (κ2) is 13.9. The van der Waals surface area contributed by atoms with Crippen LogP contribution in [-0.4, -0.2) is 58.3 Å². The Hall–Kier alpha value is -2.73. The van der Waals surface area contributed by atoms with Crippen molar-refractivity contribution in [3.8, 4) is 0 Å². The molecule has 2 aliphatic heterocycles. The molecule has 2 bridgehead atoms. The number of aryl methyl sites for hydroxylation is 1. The highest BCUT2D eigenvalue weighted by Gasteiger charge is 2.34. The van der Waals surface area contributed by atoms with Crippen LogP contribution >= 0.6 is 0 Å². The SMILES string of the molecule is CCC(=O)N1CCC2CCCC(CN(C(=O)CCCc3ccncc3)Cc3ccccc31)N2CCC(C)C. The Labute approximate surface area is 229 Å². The highest BCUT2D eigenvalue weighted by Crippen LogP contribution is 2.31. The molecule has 0 N–H and O–H groups in total. The molecule has 0 saturated carbocycles. The summed E-state index contributed by atoms with van der Waals surface area (Å²) in [4.78, 5) is 37.8. The van der Waals surface area contributed by atoms with Gasteiger partial charge in [-0.3, -0.25) is 19.5 Å². The Morgan fingerprint density at radius 1 is 1.00 bits per heavy atom. The van der Waals surface area contributed by atoms with Gasteiger partial charge >= 0.3 is 0 Å². The van der Waals surface area contributed by atoms with Gasteiger partial charge in [-0.2, -0.15) is 0 Å². The average Bonchev–Trinajstić information content (AvgIpc) is 2.94. The molecule has 2 aromatic rings. The van der Waals surface area contributed by atoms with Gasteiger partial charge in [0.25, 0.3) is 0 Å². The van der Waals surface area contributed by atoms with E-state index in [4.69, 9.17) is 0 Å². The fraction of sp³-hybridized carbons (Fsp3) is 0.594. The number of nitrogens with zero attached hydrogens (tertiary/aromatic N) is 4. The quantitative estimate of drug-likeness (QED) is 0.440. The molecule has 0 spiro atoms. The smallest absolute Gasteiger partial charge is 0.226 e. The minimum Gasteiger partial charge on any atom is -0.337 e. The first-order chi connectivity index (χ1) is 18.5. The highest BCUT2D eigenvalue weighted by atomic mass is 16.2. The maximum Gasteiger partial charge on any atom is 0.226 e. The second-order valence-corrected chi connectivity index (χ2v) is 11.5. The predicted octanol–water partition coefficient (Wildman–Crippen LogP) is 5.85. The molecule has 3 heterocycles. The number of para-hydroxylation sites is 1. The maximum atomic E-state index is 13.8. The molecule has 0 radical (unpaired) electrons. The molecule has 2 amide bonds. The zero-order valence-corrected chi connectivity index (χ0v) is 23.6. The molecule has 6 heteroatoms. The molecule has 2 aliphatic rings. The summed E-state index contributed by atoms with van der Waals surface area (Å²) >= 11 is 0. The number of carbonyl (C=O) groups is 2. The van der Waals surface area contributed by atoms with E-state index < -0.39 is 0 Å². The number of amides is 2. The molecule has 1 saturated heterocycles. The zero-order chi connectivity index (χ0) is 26.9. The van der Waals surface area contributed by atoms with Gasteiger partial charge in [-0.15, -0.1) is 0 Å². The Morgan fingerprint density at radius 3 is 2.53 bits per heavy atom. The lowest BCUT2D eigenvalue weighted by Gasteiger charge is -2.44. The Balaban J connectivity index is 1.62. The summed E-state index contributed by atoms with van der Waals surface area (Å²) in [7, 11) is 0. The lowest BCUT2D eigenvalue weighted by molar-refractivity contribution is -0.133. The Bertz CT molecular complexity index is 1040. The van der Waals surface area contributed by atoms with Crippen LogP contribution in [0, 0.1) is 5.92 Å². The van der Waals surface area contributed by atoms with E-state index in [1.54, 1.807) is 0 Å². The van der Waals surface area contributed by atoms with E-state index >= 15 is 0 Å². The number of hydrogen-bond acceptors (Lipinski definition) is 4. The van der Waals surface area contributed by atoms with E-state index in [2.05, 4.69) is 40.8 Å². The standard InChI is InChI=1S/C32H46N4O2/c1-4-31(37)36-22-18-28-11-8-12-29(35(28)21-17-25(2)3)24-34(23-27-10-5-6-13-30(27)36)32(38)14-7-9-26-15-19-33-20-16-26/h5-6,10,13,15-16,19-20,25,28-29H,4,7-9,11-12,14,17-18,21-24H2,1-3H3. The number of hydrogen-bond donors (Lipinski definition) is 0. The molecule has 38 heavy (non-hydrogen) atoms. The summed E-state index contributed by atoms with van der Waals surface area (Å²) in [5, 5.41) is 0. The van der Waals surface area contributed by atoms with Gasteiger partial charge in [0.1, 0.15) is 0 Å². The van der Waals surface area contributed by atoms with Crippen molar-refractivity contribution in [2.75, 3.05) is 24.5 Å². The molecular formula is C32H46N4O2. The van der Waals surface area contributed by atoms with E-state index in [1.807, 2.05) is 48.5 Å². The summed E-state index contributed by atoms with van der Waals surface area (Å²) < 4.78 is 0. The number of carbonyl (C=O) groups excluding carboxylic acids is 2. The van der Waals surface area contributed by atoms with Crippen molar-refractivity contribution in [1.82, 2.24) is 14.8 Å². The van der Waals surface area contributed by atoms with E-state index in [0.29, 0.717) is 37.4 Å². The third-order valence-electron chi connectivity index (χ3n) is 8.30. The number of fused-ring (bicyclic) bond motifs is 3. The first-order valence-corrected chi connectivity index (χ1v) is 14.8. The number of rotatable bonds is 8. The topological polar surface area (TPSA) is 56.8 Å². The van der Waals surface area contributed by atoms with Gasteiger partial charge < -0.3 is 9.80 Å². The lowest BCUT2D eigenvalue weighted by atomic mass is 9.92. The van der Waals surface area contributed by atoms with Gasteiger partial charge in [-0.1, -0.05) is 45.4 Å². The number of pyridine rings is 1. The molecule has 1 fully saturated rings. The minimum absolute atomic E-state index is 0.160. The number of aromatic nitrogens is 1. The Kier molecular flexibility index (Phi) is 10.3. The summed E-state index contributed by atoms with van der Waals surface area (Å²) in [5.74, 6) is 1.02. The Morgan fingerprint density at radius 2 is 1.76 bits per heavy atom. The van der Waals surface area contributed by atoms with Crippen LogP contribution < -0.4 is 4.90 Å². The molecule has 6 nitrogen and oxygen atoms in total. The monoisotopic (exact) mass is 518 g/mol. The fourth-order valence-corrected chi connectivity index (χ4v) is 6.12. The average molecular weight is 519 g/mol. The van der Waals surface area contributed by atoms with Crippen molar-refractivity contribution < 1.29 is 9.59 Å². The molecular weight excluding hydrogens is 472 g/mol. The van der Waals surface area contributed by atoms with Crippen molar-refractivity contribution in [2.24, 2.45) is 5.92 Å². The first kappa shape index (κ1) is 28.3. The van der Waals surface area contributed by atoms with Crippen LogP contribution in [-0.2, 0) is 22.6 Å². The lowest BCUT2D eigenvalue weighted by Crippen LogP contribution is -2.53. The summed E-state index contributed by atoms with van der Waals surface area (Å²) in [6, 6.07) is 13.1. The second-order valence-electron chi connectivity index (χ2n) is 11.5. The predicted molar refractivity (Wildman–Crippen MR) is 154 cm³/mol. The molecule has 4 rings (SSSR count). The van der Waals surface area contributed by atoms with Crippen LogP contribution in [0.25, 0.3) is 0 Å². The molecule has 2 atom stereocenters. The van der Waals surface area contributed by atoms with Gasteiger partial charge in [-0.25, -0.2) is 0 Å². The van der Waals surface area contributed by atoms with Crippen molar-refractivity contribution in [1.29, 1.82) is 0 Å². The normalized spacial score (nSPS) is 20.6. The van der Waals surface area contributed by atoms with Crippen LogP contribution in [0.4, 0.5) is 5.69 Å². The maximum absolute atomic E-state index is 13.8. The van der Waals surface area contributed by atoms with Crippen LogP contribution in [0.2, 0.25) is 0 Å². The third-order valence-corrected chi connectivity index (χ3v) is 8.30. The van der Waals surface area contributed by atoms with Gasteiger partial charge in [0.2, 0.25) is 11.8 Å².